The summed E-state index contributed by atoms with van der Waals surface area (Å²) < 4.78 is 12.7. The summed E-state index contributed by atoms with van der Waals surface area (Å²) >= 11 is 0. The molecule has 1 aromatic carbocycles. The number of aliphatic hydroxyl groups excluding tert-OH is 1. The molecule has 1 aliphatic heterocycles. The zero-order chi connectivity index (χ0) is 10.8. The minimum absolute atomic E-state index is 0.304. The predicted octanol–water partition coefficient (Wildman–Crippen LogP) is 0.964. The first-order valence-electron chi connectivity index (χ1n) is 4.88. The number of hydrogen-bond donors (Lipinski definition) is 1. The average Bonchev–Trinajstić information content (AvgIpc) is 2.61. The van der Waals surface area contributed by atoms with Crippen molar-refractivity contribution in [2.24, 2.45) is 0 Å². The Balaban J connectivity index is 2.23. The van der Waals surface area contributed by atoms with Crippen molar-refractivity contribution in [1.29, 1.82) is 0 Å². The van der Waals surface area contributed by atoms with Gasteiger partial charge in [0.05, 0.1) is 6.10 Å². The van der Waals surface area contributed by atoms with E-state index in [1.165, 1.54) is 12.1 Å². The van der Waals surface area contributed by atoms with Crippen LogP contribution in [0.15, 0.2) is 24.3 Å². The van der Waals surface area contributed by atoms with E-state index in [-0.39, 0.29) is 5.82 Å². The summed E-state index contributed by atoms with van der Waals surface area (Å²) in [6.45, 7) is 0.621. The molecule has 0 saturated carbocycles. The molecule has 1 heterocycles. The molecule has 1 saturated heterocycles. The van der Waals surface area contributed by atoms with Gasteiger partial charge < -0.3 is 14.8 Å². The van der Waals surface area contributed by atoms with Crippen LogP contribution in [0, 0.1) is 5.82 Å². The number of anilines is 1. The predicted molar refractivity (Wildman–Crippen MR) is 54.2 cm³/mol. The monoisotopic (exact) mass is 209 g/mol. The lowest BCUT2D eigenvalue weighted by Crippen LogP contribution is -2.36. The quantitative estimate of drug-likeness (QED) is 0.738. The lowest BCUT2D eigenvalue weighted by Gasteiger charge is -2.23. The summed E-state index contributed by atoms with van der Waals surface area (Å²) in [4.78, 5) is 12.6. The van der Waals surface area contributed by atoms with Crippen LogP contribution in [-0.4, -0.2) is 30.1 Å². The number of halogens is 1. The van der Waals surface area contributed by atoms with Crippen LogP contribution in [0.3, 0.4) is 0 Å². The molecule has 2 rings (SSSR count). The van der Waals surface area contributed by atoms with Gasteiger partial charge in [0.1, 0.15) is 18.1 Å². The highest BCUT2D eigenvalue weighted by Crippen LogP contribution is 2.24. The Labute approximate surface area is 87.1 Å². The molecule has 80 valence electrons. The third-order valence-electron chi connectivity index (χ3n) is 2.72. The molecule has 0 bridgehead atoms. The molecular formula is C11H12FNO2. The maximum Gasteiger partial charge on any atom is 0.145 e. The second kappa shape index (κ2) is 3.98. The summed E-state index contributed by atoms with van der Waals surface area (Å²) in [5, 5.41) is 9.53. The maximum atomic E-state index is 12.7. The van der Waals surface area contributed by atoms with E-state index in [0.29, 0.717) is 13.0 Å². The van der Waals surface area contributed by atoms with Crippen molar-refractivity contribution in [1.82, 2.24) is 0 Å². The van der Waals surface area contributed by atoms with Crippen LogP contribution < -0.4 is 4.90 Å². The summed E-state index contributed by atoms with van der Waals surface area (Å²) in [6, 6.07) is 5.42. The van der Waals surface area contributed by atoms with Gasteiger partial charge in [-0.25, -0.2) is 4.39 Å². The average molecular weight is 209 g/mol. The van der Waals surface area contributed by atoms with Crippen molar-refractivity contribution in [3.05, 3.63) is 30.1 Å². The Morgan fingerprint density at radius 2 is 2.07 bits per heavy atom. The lowest BCUT2D eigenvalue weighted by atomic mass is 10.2. The standard InChI is InChI=1S/C11H12FNO2/c12-8-1-3-9(4-2-8)13-6-5-11(15)10(13)7-14/h1-4,7,10-11,15H,5-6H2. The second-order valence-corrected chi connectivity index (χ2v) is 3.65. The van der Waals surface area contributed by atoms with Gasteiger partial charge in [-0.15, -0.1) is 0 Å². The Morgan fingerprint density at radius 1 is 1.40 bits per heavy atom. The molecule has 1 fully saturated rings. The fourth-order valence-electron chi connectivity index (χ4n) is 1.90. The SMILES string of the molecule is O=CC1C(O)CCN1c1ccc(F)cc1. The molecule has 1 N–H and O–H groups in total. The van der Waals surface area contributed by atoms with E-state index in [9.17, 15) is 14.3 Å². The van der Waals surface area contributed by atoms with Crippen LogP contribution in [0.4, 0.5) is 10.1 Å². The highest BCUT2D eigenvalue weighted by atomic mass is 19.1. The fourth-order valence-corrected chi connectivity index (χ4v) is 1.90. The van der Waals surface area contributed by atoms with Crippen LogP contribution in [0.5, 0.6) is 0 Å². The molecule has 0 spiro atoms. The molecule has 0 amide bonds. The Kier molecular flexibility index (Phi) is 2.68. The number of carbonyl (C=O) groups excluding carboxylic acids is 1. The van der Waals surface area contributed by atoms with Crippen LogP contribution in [0.25, 0.3) is 0 Å². The van der Waals surface area contributed by atoms with Gasteiger partial charge in [0.15, 0.2) is 0 Å². The Hall–Kier alpha value is -1.42. The van der Waals surface area contributed by atoms with Crippen LogP contribution in [-0.2, 0) is 4.79 Å². The molecule has 0 aliphatic carbocycles. The summed E-state index contributed by atoms with van der Waals surface area (Å²) in [5.41, 5.74) is 0.769. The molecule has 15 heavy (non-hydrogen) atoms. The topological polar surface area (TPSA) is 40.5 Å². The first-order valence-corrected chi connectivity index (χ1v) is 4.88. The molecule has 3 nitrogen and oxygen atoms in total. The van der Waals surface area contributed by atoms with Crippen molar-refractivity contribution >= 4 is 12.0 Å². The fraction of sp³-hybridized carbons (Fsp3) is 0.364. The van der Waals surface area contributed by atoms with Gasteiger partial charge in [-0.3, -0.25) is 0 Å². The minimum atomic E-state index is -0.618. The zero-order valence-electron chi connectivity index (χ0n) is 8.14. The molecule has 1 aliphatic rings. The van der Waals surface area contributed by atoms with Gasteiger partial charge in [-0.2, -0.15) is 0 Å². The maximum absolute atomic E-state index is 12.7. The van der Waals surface area contributed by atoms with Crippen molar-refractivity contribution in [2.75, 3.05) is 11.4 Å². The van der Waals surface area contributed by atoms with Gasteiger partial charge >= 0.3 is 0 Å². The van der Waals surface area contributed by atoms with Gasteiger partial charge in [0.2, 0.25) is 0 Å². The minimum Gasteiger partial charge on any atom is -0.390 e. The van der Waals surface area contributed by atoms with E-state index in [1.807, 2.05) is 0 Å². The van der Waals surface area contributed by atoms with E-state index < -0.39 is 12.1 Å². The van der Waals surface area contributed by atoms with Crippen molar-refractivity contribution in [2.45, 2.75) is 18.6 Å². The number of rotatable bonds is 2. The third-order valence-corrected chi connectivity index (χ3v) is 2.72. The van der Waals surface area contributed by atoms with Crippen molar-refractivity contribution in [3.63, 3.8) is 0 Å². The number of aldehydes is 1. The number of benzene rings is 1. The van der Waals surface area contributed by atoms with Crippen LogP contribution in [0.1, 0.15) is 6.42 Å². The number of hydrogen-bond acceptors (Lipinski definition) is 3. The van der Waals surface area contributed by atoms with Crippen molar-refractivity contribution in [3.8, 4) is 0 Å². The first-order chi connectivity index (χ1) is 7.22. The highest BCUT2D eigenvalue weighted by Gasteiger charge is 2.32. The van der Waals surface area contributed by atoms with Gasteiger partial charge in [-0.05, 0) is 30.7 Å². The van der Waals surface area contributed by atoms with E-state index in [4.69, 9.17) is 0 Å². The van der Waals surface area contributed by atoms with Crippen LogP contribution >= 0.6 is 0 Å². The smallest absolute Gasteiger partial charge is 0.145 e. The molecule has 2 unspecified atom stereocenters. The van der Waals surface area contributed by atoms with Crippen molar-refractivity contribution < 1.29 is 14.3 Å². The van der Waals surface area contributed by atoms with E-state index in [1.54, 1.807) is 17.0 Å². The molecule has 0 aromatic heterocycles. The zero-order valence-corrected chi connectivity index (χ0v) is 8.14. The number of nitrogens with zero attached hydrogens (tertiary/aromatic N) is 1. The van der Waals surface area contributed by atoms with Gasteiger partial charge in [0.25, 0.3) is 0 Å². The van der Waals surface area contributed by atoms with E-state index in [2.05, 4.69) is 0 Å². The summed E-state index contributed by atoms with van der Waals surface area (Å²) in [5.74, 6) is -0.304. The van der Waals surface area contributed by atoms with E-state index >= 15 is 0 Å². The molecular weight excluding hydrogens is 197 g/mol. The summed E-state index contributed by atoms with van der Waals surface area (Å²) in [7, 11) is 0. The highest BCUT2D eigenvalue weighted by molar-refractivity contribution is 5.68. The van der Waals surface area contributed by atoms with E-state index in [0.717, 1.165) is 12.0 Å². The number of aliphatic hydroxyl groups is 1. The Bertz CT molecular complexity index is 352. The normalized spacial score (nSPS) is 25.6. The van der Waals surface area contributed by atoms with Crippen LogP contribution in [0.2, 0.25) is 0 Å². The lowest BCUT2D eigenvalue weighted by molar-refractivity contribution is -0.110. The summed E-state index contributed by atoms with van der Waals surface area (Å²) in [6.07, 6.45) is 0.689. The number of carbonyl (C=O) groups is 1. The largest absolute Gasteiger partial charge is 0.390 e. The van der Waals surface area contributed by atoms with Gasteiger partial charge in [-0.1, -0.05) is 0 Å². The Morgan fingerprint density at radius 3 is 2.67 bits per heavy atom. The molecule has 2 atom stereocenters. The third kappa shape index (κ3) is 1.85. The molecule has 4 heteroatoms. The second-order valence-electron chi connectivity index (χ2n) is 3.65. The first kappa shape index (κ1) is 10.1. The van der Waals surface area contributed by atoms with Gasteiger partial charge in [0, 0.05) is 12.2 Å². The molecule has 0 radical (unpaired) electrons. The molecule has 1 aromatic rings.